The summed E-state index contributed by atoms with van der Waals surface area (Å²) >= 11 is 0. The number of carboxylic acid groups (broad SMARTS) is 1. The van der Waals surface area contributed by atoms with E-state index in [1.54, 1.807) is 96.9 Å². The van der Waals surface area contributed by atoms with E-state index in [1.807, 2.05) is 0 Å². The van der Waals surface area contributed by atoms with E-state index < -0.39 is 144 Å². The Bertz CT molecular complexity index is 1810. The van der Waals surface area contributed by atoms with Gasteiger partial charge in [-0.2, -0.15) is 0 Å². The highest BCUT2D eigenvalue weighted by atomic mass is 16.7. The summed E-state index contributed by atoms with van der Waals surface area (Å²) in [4.78, 5) is 68.6. The number of carbonyl (C=O) groups excluding carboxylic acids is 4. The third-order valence-electron chi connectivity index (χ3n) is 11.2. The molecule has 70 heavy (non-hydrogen) atoms. The maximum Gasteiger partial charge on any atom is 0.410 e. The van der Waals surface area contributed by atoms with Crippen LogP contribution in [-0.4, -0.2) is 201 Å². The van der Waals surface area contributed by atoms with Gasteiger partial charge in [-0.25, -0.2) is 24.0 Å². The lowest BCUT2D eigenvalue weighted by Crippen LogP contribution is -2.70. The number of nitrogens with one attached hydrogen (secondary N) is 3. The van der Waals surface area contributed by atoms with E-state index in [0.29, 0.717) is 0 Å². The van der Waals surface area contributed by atoms with Gasteiger partial charge < -0.3 is 93.5 Å². The number of likely N-dealkylation sites (N-methyl/N-ethyl adjacent to an activating group) is 1. The lowest BCUT2D eigenvalue weighted by molar-refractivity contribution is -0.314. The third kappa shape index (κ3) is 17.6. The van der Waals surface area contributed by atoms with Crippen LogP contribution in [0, 0.1) is 0 Å². The van der Waals surface area contributed by atoms with Crippen LogP contribution in [0.4, 0.5) is 24.0 Å². The second kappa shape index (κ2) is 22.4. The Morgan fingerprint density at radius 2 is 1.14 bits per heavy atom. The van der Waals surface area contributed by atoms with Gasteiger partial charge in [-0.1, -0.05) is 0 Å². The number of aliphatic hydroxyl groups excluding tert-OH is 2. The van der Waals surface area contributed by atoms with Crippen LogP contribution in [0.3, 0.4) is 0 Å². The van der Waals surface area contributed by atoms with Gasteiger partial charge in [0.1, 0.15) is 58.5 Å². The summed E-state index contributed by atoms with van der Waals surface area (Å²) in [5.41, 5.74) is -5.58. The Morgan fingerprint density at radius 1 is 0.657 bits per heavy atom. The van der Waals surface area contributed by atoms with E-state index in [9.17, 15) is 44.4 Å². The minimum absolute atomic E-state index is 0.0580. The van der Waals surface area contributed by atoms with E-state index in [1.165, 1.54) is 18.9 Å². The van der Waals surface area contributed by atoms with Crippen LogP contribution in [0.25, 0.3) is 0 Å². The molecular formula is C46H81N5O19. The van der Waals surface area contributed by atoms with Crippen molar-refractivity contribution in [2.24, 2.45) is 0 Å². The molecule has 0 aromatic carbocycles. The number of ether oxygens (including phenoxy) is 10. The van der Waals surface area contributed by atoms with Gasteiger partial charge in [0, 0.05) is 7.05 Å². The molecule has 3 heterocycles. The van der Waals surface area contributed by atoms with Crippen LogP contribution in [0.1, 0.15) is 123 Å². The minimum atomic E-state index is -1.90. The van der Waals surface area contributed by atoms with E-state index in [-0.39, 0.29) is 39.0 Å². The third-order valence-corrected chi connectivity index (χ3v) is 11.2. The van der Waals surface area contributed by atoms with Gasteiger partial charge in [0.25, 0.3) is 0 Å². The molecule has 0 bridgehead atoms. The summed E-state index contributed by atoms with van der Waals surface area (Å²) in [5.74, 6) is -0.894. The molecule has 3 aliphatic heterocycles. The molecule has 0 radical (unpaired) electrons. The molecule has 3 saturated heterocycles. The zero-order chi connectivity index (χ0) is 53.1. The van der Waals surface area contributed by atoms with Crippen molar-refractivity contribution in [1.29, 1.82) is 0 Å². The number of carbonyl (C=O) groups is 5. The van der Waals surface area contributed by atoms with Gasteiger partial charge >= 0.3 is 30.5 Å². The van der Waals surface area contributed by atoms with Gasteiger partial charge in [0.2, 0.25) is 0 Å². The van der Waals surface area contributed by atoms with Gasteiger partial charge in [-0.3, -0.25) is 0 Å². The lowest BCUT2D eigenvalue weighted by Gasteiger charge is -2.50. The van der Waals surface area contributed by atoms with Crippen molar-refractivity contribution < 1.29 is 91.8 Å². The smallest absolute Gasteiger partial charge is 0.410 e. The van der Waals surface area contributed by atoms with E-state index >= 15 is 0 Å². The number of hydrogen-bond donors (Lipinski definition) is 7. The Morgan fingerprint density at radius 3 is 1.64 bits per heavy atom. The van der Waals surface area contributed by atoms with Crippen molar-refractivity contribution in [2.45, 2.75) is 230 Å². The van der Waals surface area contributed by atoms with Crippen LogP contribution in [-0.2, 0) is 47.4 Å². The number of alkyl carbamates (subject to hydrolysis) is 2. The first kappa shape index (κ1) is 58.6. The quantitative estimate of drug-likeness (QED) is 0.138. The zero-order valence-electron chi connectivity index (χ0n) is 43.7. The molecule has 4 fully saturated rings. The molecule has 24 heteroatoms. The van der Waals surface area contributed by atoms with Crippen molar-refractivity contribution in [3.63, 3.8) is 0 Å². The summed E-state index contributed by atoms with van der Waals surface area (Å²) in [7, 11) is 1.31. The molecule has 4 aliphatic rings. The fraction of sp³-hybridized carbons (Fsp3) is 0.891. The summed E-state index contributed by atoms with van der Waals surface area (Å²) < 4.78 is 59.5. The van der Waals surface area contributed by atoms with Crippen LogP contribution in [0.5, 0.6) is 0 Å². The van der Waals surface area contributed by atoms with Gasteiger partial charge in [-0.15, -0.1) is 0 Å². The van der Waals surface area contributed by atoms with Gasteiger partial charge in [-0.05, 0) is 123 Å². The average molecular weight is 1010 g/mol. The highest BCUT2D eigenvalue weighted by Crippen LogP contribution is 2.36. The number of amides is 5. The monoisotopic (exact) mass is 1010 g/mol. The fourth-order valence-corrected chi connectivity index (χ4v) is 8.54. The van der Waals surface area contributed by atoms with Crippen molar-refractivity contribution in [2.75, 3.05) is 33.4 Å². The van der Waals surface area contributed by atoms with Crippen LogP contribution >= 0.6 is 0 Å². The second-order valence-corrected chi connectivity index (χ2v) is 23.1. The molecule has 13 atom stereocenters. The number of rotatable bonds is 12. The Labute approximate surface area is 410 Å². The number of nitrogens with zero attached hydrogens (tertiary/aromatic N) is 2. The number of hydrogen-bond acceptors (Lipinski definition) is 18. The van der Waals surface area contributed by atoms with Crippen LogP contribution in [0.2, 0.25) is 0 Å². The van der Waals surface area contributed by atoms with Gasteiger partial charge in [0.15, 0.2) is 18.4 Å². The first-order valence-corrected chi connectivity index (χ1v) is 23.7. The first-order chi connectivity index (χ1) is 31.8. The van der Waals surface area contributed by atoms with E-state index in [4.69, 9.17) is 47.4 Å². The largest absolute Gasteiger partial charge is 0.465 e. The Balaban J connectivity index is 1.74. The van der Waals surface area contributed by atoms with E-state index in [0.717, 1.165) is 4.90 Å². The van der Waals surface area contributed by atoms with Crippen molar-refractivity contribution in [3.8, 4) is 0 Å². The Hall–Kier alpha value is -4.01. The summed E-state index contributed by atoms with van der Waals surface area (Å²) in [6, 6.07) is -5.00. The first-order valence-electron chi connectivity index (χ1n) is 23.7. The maximum absolute atomic E-state index is 13.8. The SMILES string of the molecule is CN(C(=O)OC(C)(C)C)[C@@H]1[C@@H](O)[C@@H](O[C@@H]2[C@@H](O)[C@H](O[C@H]3O[C@H](CN(C[C@@H]4COC(C)(C)O4)C(=O)OC(C)(C)C)CC[C@H]3NC(=O)OC(C)(C)C)[C@@H](NC(=O)OC(C)(C)C)C[C@H]2NC(=O)O)OC[C@]1(C)O. The van der Waals surface area contributed by atoms with E-state index in [2.05, 4.69) is 16.0 Å². The molecule has 0 unspecified atom stereocenters. The Kier molecular flexibility index (Phi) is 18.7. The molecule has 0 aromatic heterocycles. The van der Waals surface area contributed by atoms with Crippen molar-refractivity contribution in [1.82, 2.24) is 25.8 Å². The predicted molar refractivity (Wildman–Crippen MR) is 246 cm³/mol. The van der Waals surface area contributed by atoms with Gasteiger partial charge in [0.05, 0.1) is 56.6 Å². The number of aliphatic hydroxyl groups is 3. The molecule has 1 aliphatic carbocycles. The molecule has 404 valence electrons. The molecule has 1 saturated carbocycles. The van der Waals surface area contributed by atoms with Crippen LogP contribution in [0.15, 0.2) is 0 Å². The molecule has 0 aromatic rings. The topological polar surface area (TPSA) is 301 Å². The molecule has 24 nitrogen and oxygen atoms in total. The maximum atomic E-state index is 13.8. The summed E-state index contributed by atoms with van der Waals surface area (Å²) in [6.07, 6.45) is -16.2. The molecule has 5 amide bonds. The lowest BCUT2D eigenvalue weighted by atomic mass is 9.83. The highest BCUT2D eigenvalue weighted by molar-refractivity contribution is 5.70. The standard InChI is InChI=1S/C46H81N5O19/c1-41(2,3)67-37(56)48-26-18-17-24(20-51(40(59)70-44(10,11)12)21-25-22-62-45(13,14)66-25)63-34(26)64-32-28(49-38(57)68-42(4,5)6)19-27(47-36(54)55)31(29(32)52)65-35-30(53)33(46(15,60)23-61-35)50(16)39(58)69-43(7,8)9/h24-35,47,52-53,60H,17-23H2,1-16H3,(H,48,56)(H,49,57)(H,54,55)/t24-,25+,26+,27+,28-,29+,30+,31-,32+,33+,34+,35+,46-/m0/s1. The second-order valence-electron chi connectivity index (χ2n) is 23.1. The summed E-state index contributed by atoms with van der Waals surface area (Å²) in [6.45, 7) is 24.6. The molecular weight excluding hydrogens is 927 g/mol. The molecule has 0 spiro atoms. The molecule has 7 N–H and O–H groups in total. The fourth-order valence-electron chi connectivity index (χ4n) is 8.54. The average Bonchev–Trinajstić information content (AvgIpc) is 3.50. The van der Waals surface area contributed by atoms with Crippen molar-refractivity contribution >= 4 is 30.5 Å². The minimum Gasteiger partial charge on any atom is -0.465 e. The van der Waals surface area contributed by atoms with Crippen molar-refractivity contribution in [3.05, 3.63) is 0 Å². The zero-order valence-corrected chi connectivity index (χ0v) is 43.7. The predicted octanol–water partition coefficient (Wildman–Crippen LogP) is 3.54. The van der Waals surface area contributed by atoms with Crippen LogP contribution < -0.4 is 16.0 Å². The normalized spacial score (nSPS) is 32.7. The highest BCUT2D eigenvalue weighted by Gasteiger charge is 2.55. The summed E-state index contributed by atoms with van der Waals surface area (Å²) in [5, 5.41) is 53.5. The molecule has 4 rings (SSSR count).